The Labute approximate surface area is 164 Å². The molecule has 148 valence electrons. The van der Waals surface area contributed by atoms with Gasteiger partial charge in [0.05, 0.1) is 32.3 Å². The summed E-state index contributed by atoms with van der Waals surface area (Å²) in [5, 5.41) is 13.6. The molecule has 2 aliphatic rings. The second-order valence-corrected chi connectivity index (χ2v) is 7.24. The van der Waals surface area contributed by atoms with Crippen molar-refractivity contribution < 1.29 is 19.4 Å². The van der Waals surface area contributed by atoms with Crippen molar-refractivity contribution in [1.82, 2.24) is 16.2 Å². The quantitative estimate of drug-likeness (QED) is 0.629. The Morgan fingerprint density at radius 2 is 1.86 bits per heavy atom. The van der Waals surface area contributed by atoms with E-state index in [0.29, 0.717) is 17.9 Å². The van der Waals surface area contributed by atoms with E-state index in [0.717, 1.165) is 11.1 Å². The lowest BCUT2D eigenvalue weighted by Gasteiger charge is -2.39. The van der Waals surface area contributed by atoms with Crippen LogP contribution >= 0.6 is 0 Å². The van der Waals surface area contributed by atoms with Crippen LogP contribution in [0.5, 0.6) is 11.5 Å². The molecule has 2 aromatic carbocycles. The predicted octanol–water partition coefficient (Wildman–Crippen LogP) is 2.23. The third kappa shape index (κ3) is 3.32. The molecule has 2 heterocycles. The lowest BCUT2D eigenvalue weighted by molar-refractivity contribution is -0.146. The molecule has 0 bridgehead atoms. The van der Waals surface area contributed by atoms with E-state index in [-0.39, 0.29) is 24.2 Å². The Morgan fingerprint density at radius 3 is 2.54 bits per heavy atom. The fourth-order valence-corrected chi connectivity index (χ4v) is 4.44. The molecule has 2 aliphatic heterocycles. The van der Waals surface area contributed by atoms with Gasteiger partial charge in [0.25, 0.3) is 0 Å². The van der Waals surface area contributed by atoms with Gasteiger partial charge in [-0.2, -0.15) is 0 Å². The normalized spacial score (nSPS) is 29.1. The first-order chi connectivity index (χ1) is 13.6. The molecule has 28 heavy (non-hydrogen) atoms. The van der Waals surface area contributed by atoms with E-state index >= 15 is 0 Å². The summed E-state index contributed by atoms with van der Waals surface area (Å²) in [4.78, 5) is 12.2. The highest BCUT2D eigenvalue weighted by Crippen LogP contribution is 2.44. The van der Waals surface area contributed by atoms with Crippen molar-refractivity contribution in [3.8, 4) is 11.5 Å². The van der Waals surface area contributed by atoms with Gasteiger partial charge in [-0.3, -0.25) is 10.1 Å². The molecular weight excluding hydrogens is 358 g/mol. The lowest BCUT2D eigenvalue weighted by atomic mass is 9.74. The molecule has 7 heteroatoms. The van der Waals surface area contributed by atoms with Gasteiger partial charge < -0.3 is 14.6 Å². The highest BCUT2D eigenvalue weighted by Gasteiger charge is 2.49. The molecule has 0 spiro atoms. The number of carbonyl (C=O) groups is 1. The van der Waals surface area contributed by atoms with Crippen LogP contribution < -0.4 is 25.6 Å². The average Bonchev–Trinajstić information content (AvgIpc) is 3.17. The van der Waals surface area contributed by atoms with Crippen LogP contribution in [-0.2, 0) is 4.79 Å². The van der Waals surface area contributed by atoms with E-state index in [9.17, 15) is 9.90 Å². The number of piperidine rings is 1. The maximum atomic E-state index is 12.2. The summed E-state index contributed by atoms with van der Waals surface area (Å²) >= 11 is 0. The molecule has 2 aromatic rings. The number of hydrazine groups is 1. The molecule has 0 saturated carbocycles. The van der Waals surface area contributed by atoms with Crippen LogP contribution in [0.4, 0.5) is 0 Å². The zero-order chi connectivity index (χ0) is 19.7. The smallest absolute Gasteiger partial charge is 0.307 e. The van der Waals surface area contributed by atoms with Gasteiger partial charge in [-0.1, -0.05) is 30.3 Å². The van der Waals surface area contributed by atoms with Crippen LogP contribution in [0.3, 0.4) is 0 Å². The Morgan fingerprint density at radius 1 is 1.07 bits per heavy atom. The van der Waals surface area contributed by atoms with Gasteiger partial charge >= 0.3 is 5.97 Å². The van der Waals surface area contributed by atoms with Gasteiger partial charge in [-0.15, -0.1) is 0 Å². The van der Waals surface area contributed by atoms with E-state index in [1.54, 1.807) is 14.2 Å². The summed E-state index contributed by atoms with van der Waals surface area (Å²) in [6.45, 7) is 0. The van der Waals surface area contributed by atoms with E-state index in [1.165, 1.54) is 0 Å². The van der Waals surface area contributed by atoms with E-state index in [4.69, 9.17) is 9.47 Å². The first kappa shape index (κ1) is 18.7. The fraction of sp³-hybridized carbons (Fsp3) is 0.381. The summed E-state index contributed by atoms with van der Waals surface area (Å²) < 4.78 is 10.9. The van der Waals surface area contributed by atoms with Crippen LogP contribution in [0, 0.1) is 11.8 Å². The van der Waals surface area contributed by atoms with Gasteiger partial charge in [-0.25, -0.2) is 10.9 Å². The fourth-order valence-electron chi connectivity index (χ4n) is 4.44. The molecule has 2 fully saturated rings. The maximum absolute atomic E-state index is 12.2. The number of carboxylic acids is 1. The van der Waals surface area contributed by atoms with Gasteiger partial charge in [0.1, 0.15) is 11.5 Å². The van der Waals surface area contributed by atoms with Crippen molar-refractivity contribution in [1.29, 1.82) is 0 Å². The van der Waals surface area contributed by atoms with E-state index in [2.05, 4.69) is 16.2 Å². The molecular formula is C21H25N3O4. The molecule has 0 amide bonds. The number of benzene rings is 2. The molecule has 4 rings (SSSR count). The van der Waals surface area contributed by atoms with Crippen molar-refractivity contribution in [3.05, 3.63) is 59.7 Å². The summed E-state index contributed by atoms with van der Waals surface area (Å²) in [6, 6.07) is 15.3. The first-order valence-electron chi connectivity index (χ1n) is 9.39. The van der Waals surface area contributed by atoms with Gasteiger partial charge in [0.15, 0.2) is 0 Å². The number of hydrogen-bond donors (Lipinski definition) is 4. The number of carboxylic acid groups (broad SMARTS) is 1. The highest BCUT2D eigenvalue weighted by molar-refractivity contribution is 5.71. The second kappa shape index (κ2) is 7.79. The van der Waals surface area contributed by atoms with Crippen LogP contribution in [0.15, 0.2) is 48.5 Å². The number of ether oxygens (including phenoxy) is 2. The maximum Gasteiger partial charge on any atom is 0.307 e. The van der Waals surface area contributed by atoms with E-state index in [1.807, 2.05) is 48.5 Å². The van der Waals surface area contributed by atoms with Gasteiger partial charge in [0.2, 0.25) is 0 Å². The number of fused-ring (bicyclic) bond motifs is 1. The second-order valence-electron chi connectivity index (χ2n) is 7.24. The number of nitrogens with one attached hydrogen (secondary N) is 3. The molecule has 7 nitrogen and oxygen atoms in total. The topological polar surface area (TPSA) is 91.9 Å². The summed E-state index contributed by atoms with van der Waals surface area (Å²) in [5.74, 6) is 0.0140. The minimum absolute atomic E-state index is 0.0760. The minimum atomic E-state index is -0.783. The Balaban J connectivity index is 1.66. The number of rotatable bonds is 5. The van der Waals surface area contributed by atoms with Crippen LogP contribution in [0.2, 0.25) is 0 Å². The summed E-state index contributed by atoms with van der Waals surface area (Å²) in [6.07, 6.45) is 0.285. The minimum Gasteiger partial charge on any atom is -0.497 e. The number of aliphatic carboxylic acids is 1. The van der Waals surface area contributed by atoms with Gasteiger partial charge in [-0.05, 0) is 30.2 Å². The van der Waals surface area contributed by atoms with Crippen molar-refractivity contribution >= 4 is 5.97 Å². The molecule has 2 saturated heterocycles. The van der Waals surface area contributed by atoms with Gasteiger partial charge in [0, 0.05) is 17.5 Å². The van der Waals surface area contributed by atoms with Crippen molar-refractivity contribution in [3.63, 3.8) is 0 Å². The monoisotopic (exact) mass is 383 g/mol. The van der Waals surface area contributed by atoms with Crippen LogP contribution in [0.25, 0.3) is 0 Å². The molecule has 0 aromatic heterocycles. The zero-order valence-electron chi connectivity index (χ0n) is 15.9. The molecule has 0 aliphatic carbocycles. The average molecular weight is 383 g/mol. The molecule has 5 unspecified atom stereocenters. The summed E-state index contributed by atoms with van der Waals surface area (Å²) in [5.41, 5.74) is 8.53. The highest BCUT2D eigenvalue weighted by atomic mass is 16.5. The Hall–Kier alpha value is -2.61. The third-order valence-corrected chi connectivity index (χ3v) is 5.79. The predicted molar refractivity (Wildman–Crippen MR) is 104 cm³/mol. The number of methoxy groups -OCH3 is 2. The van der Waals surface area contributed by atoms with Crippen molar-refractivity contribution in [2.24, 2.45) is 11.8 Å². The Bertz CT molecular complexity index is 845. The summed E-state index contributed by atoms with van der Waals surface area (Å²) in [7, 11) is 3.23. The SMILES string of the molecule is COc1ccc(OC)c(C2CC(C(=O)O)C3C(NNC3c3ccccc3)N2)c1. The lowest BCUT2D eigenvalue weighted by Crippen LogP contribution is -2.53. The van der Waals surface area contributed by atoms with Crippen molar-refractivity contribution in [2.45, 2.75) is 24.7 Å². The Kier molecular flexibility index (Phi) is 5.21. The first-order valence-corrected chi connectivity index (χ1v) is 9.39. The van der Waals surface area contributed by atoms with Crippen LogP contribution in [0.1, 0.15) is 29.6 Å². The largest absolute Gasteiger partial charge is 0.497 e. The van der Waals surface area contributed by atoms with E-state index < -0.39 is 11.9 Å². The third-order valence-electron chi connectivity index (χ3n) is 5.79. The van der Waals surface area contributed by atoms with Crippen molar-refractivity contribution in [2.75, 3.05) is 14.2 Å². The standard InChI is InChI=1S/C21H25N3O4/c1-27-13-8-9-17(28-2)14(10-13)16-11-15(21(25)26)18-19(23-24-20(18)22-16)12-6-4-3-5-7-12/h3-10,15-16,18-20,22-24H,11H2,1-2H3,(H,25,26). The number of hydrogen-bond acceptors (Lipinski definition) is 6. The van der Waals surface area contributed by atoms with Crippen LogP contribution in [-0.4, -0.2) is 31.5 Å². The molecule has 4 N–H and O–H groups in total. The molecule has 0 radical (unpaired) electrons. The zero-order valence-corrected chi connectivity index (χ0v) is 15.9. The molecule has 5 atom stereocenters.